The highest BCUT2D eigenvalue weighted by molar-refractivity contribution is 7.90. The second-order valence-electron chi connectivity index (χ2n) is 9.13. The Bertz CT molecular complexity index is 1130. The first kappa shape index (κ1) is 25.6. The molecule has 0 bridgehead atoms. The summed E-state index contributed by atoms with van der Waals surface area (Å²) in [6.45, 7) is 6.42. The number of carbonyl (C=O) groups excluding carboxylic acids is 1. The number of nitrogens with one attached hydrogen (secondary N) is 1. The van der Waals surface area contributed by atoms with Gasteiger partial charge in [0.05, 0.1) is 10.6 Å². The molecule has 2 aromatic rings. The molecule has 2 heterocycles. The normalized spacial score (nSPS) is 15.6. The molecule has 186 valence electrons. The largest absolute Gasteiger partial charge is 0.528 e. The number of ether oxygens (including phenoxy) is 1. The van der Waals surface area contributed by atoms with Gasteiger partial charge in [-0.3, -0.25) is 0 Å². The number of nitrogens with zero attached hydrogens (tertiary/aromatic N) is 4. The maximum atomic E-state index is 14.4. The van der Waals surface area contributed by atoms with Crippen LogP contribution < -0.4 is 10.2 Å². The molecule has 1 aliphatic rings. The highest BCUT2D eigenvalue weighted by Crippen LogP contribution is 2.25. The van der Waals surface area contributed by atoms with Crippen molar-refractivity contribution in [2.75, 3.05) is 36.6 Å². The maximum absolute atomic E-state index is 14.4. The number of carbonyl (C=O) groups is 1. The third-order valence-electron chi connectivity index (χ3n) is 5.21. The fraction of sp³-hybridized carbons (Fsp3) is 0.500. The molecule has 3 rings (SSSR count). The van der Waals surface area contributed by atoms with Crippen LogP contribution in [-0.2, 0) is 19.4 Å². The van der Waals surface area contributed by atoms with E-state index in [1.807, 2.05) is 11.9 Å². The number of halogens is 1. The molecular weight excluding hydrogens is 465 g/mol. The monoisotopic (exact) mass is 495 g/mol. The van der Waals surface area contributed by atoms with Gasteiger partial charge in [-0.1, -0.05) is 0 Å². The lowest BCUT2D eigenvalue weighted by atomic mass is 10.1. The third-order valence-corrected chi connectivity index (χ3v) is 6.32. The SMILES string of the molecule is CN(c1cc(Nc2ccc(S(C)(=O)=O)cc2F)ncn1)C1CCN(OC(=O)OC(C)(C)C)CC1. The predicted molar refractivity (Wildman–Crippen MR) is 125 cm³/mol. The summed E-state index contributed by atoms with van der Waals surface area (Å²) >= 11 is 0. The van der Waals surface area contributed by atoms with E-state index < -0.39 is 27.4 Å². The van der Waals surface area contributed by atoms with E-state index in [1.54, 1.807) is 31.9 Å². The number of anilines is 3. The minimum absolute atomic E-state index is 0.0966. The molecule has 0 amide bonds. The lowest BCUT2D eigenvalue weighted by molar-refractivity contribution is -0.151. The van der Waals surface area contributed by atoms with Crippen molar-refractivity contribution in [3.63, 3.8) is 0 Å². The van der Waals surface area contributed by atoms with E-state index in [9.17, 15) is 17.6 Å². The molecule has 34 heavy (non-hydrogen) atoms. The van der Waals surface area contributed by atoms with Crippen LogP contribution in [0.4, 0.5) is 26.5 Å². The van der Waals surface area contributed by atoms with E-state index in [-0.39, 0.29) is 16.6 Å². The summed E-state index contributed by atoms with van der Waals surface area (Å²) < 4.78 is 42.8. The van der Waals surface area contributed by atoms with Crippen LogP contribution in [0.1, 0.15) is 33.6 Å². The van der Waals surface area contributed by atoms with Gasteiger partial charge in [-0.15, -0.1) is 5.06 Å². The van der Waals surface area contributed by atoms with Crippen molar-refractivity contribution < 1.29 is 27.2 Å². The average Bonchev–Trinajstić information content (AvgIpc) is 2.73. The smallest absolute Gasteiger partial charge is 0.427 e. The number of hydroxylamine groups is 2. The van der Waals surface area contributed by atoms with Gasteiger partial charge in [0, 0.05) is 38.5 Å². The Balaban J connectivity index is 1.60. The Morgan fingerprint density at radius 3 is 2.47 bits per heavy atom. The molecule has 1 aromatic carbocycles. The van der Waals surface area contributed by atoms with Crippen LogP contribution >= 0.6 is 0 Å². The van der Waals surface area contributed by atoms with Crippen LogP contribution in [-0.4, -0.2) is 67.6 Å². The standard InChI is InChI=1S/C22H30FN5O5S/c1-22(2,3)32-21(29)33-28-10-8-15(9-11-28)27(4)20-13-19(24-14-25-20)26-18-7-6-16(12-17(18)23)34(5,30)31/h6-7,12-15H,8-11H2,1-5H3,(H,24,25,26). The van der Waals surface area contributed by atoms with Crippen LogP contribution in [0.2, 0.25) is 0 Å². The summed E-state index contributed by atoms with van der Waals surface area (Å²) in [6, 6.07) is 5.50. The van der Waals surface area contributed by atoms with Gasteiger partial charge in [0.2, 0.25) is 0 Å². The van der Waals surface area contributed by atoms with Crippen molar-refractivity contribution in [3.8, 4) is 0 Å². The number of hydrogen-bond acceptors (Lipinski definition) is 10. The molecule has 10 nitrogen and oxygen atoms in total. The number of piperidine rings is 1. The van der Waals surface area contributed by atoms with Crippen molar-refractivity contribution >= 4 is 33.3 Å². The molecule has 0 unspecified atom stereocenters. The van der Waals surface area contributed by atoms with Crippen LogP contribution in [0.3, 0.4) is 0 Å². The zero-order valence-electron chi connectivity index (χ0n) is 19.9. The first-order valence-electron chi connectivity index (χ1n) is 10.8. The second-order valence-corrected chi connectivity index (χ2v) is 11.1. The molecule has 12 heteroatoms. The van der Waals surface area contributed by atoms with Gasteiger partial charge in [0.25, 0.3) is 0 Å². The van der Waals surface area contributed by atoms with Gasteiger partial charge in [0.1, 0.15) is 29.4 Å². The first-order chi connectivity index (χ1) is 15.8. The van der Waals surface area contributed by atoms with E-state index in [0.717, 1.165) is 25.2 Å². The van der Waals surface area contributed by atoms with Crippen molar-refractivity contribution in [1.29, 1.82) is 0 Å². The summed E-state index contributed by atoms with van der Waals surface area (Å²) in [5.41, 5.74) is -0.514. The molecule has 1 saturated heterocycles. The minimum Gasteiger partial charge on any atom is -0.427 e. The number of sulfone groups is 1. The van der Waals surface area contributed by atoms with E-state index in [4.69, 9.17) is 9.57 Å². The molecule has 0 aliphatic carbocycles. The molecule has 1 N–H and O–H groups in total. The van der Waals surface area contributed by atoms with E-state index >= 15 is 0 Å². The van der Waals surface area contributed by atoms with E-state index in [1.165, 1.54) is 18.5 Å². The Morgan fingerprint density at radius 2 is 1.88 bits per heavy atom. The zero-order chi connectivity index (χ0) is 25.1. The van der Waals surface area contributed by atoms with Gasteiger partial charge in [-0.2, -0.15) is 0 Å². The lowest BCUT2D eigenvalue weighted by Crippen LogP contribution is -2.44. The molecule has 1 aliphatic heterocycles. The minimum atomic E-state index is -3.50. The third kappa shape index (κ3) is 7.00. The maximum Gasteiger partial charge on any atom is 0.528 e. The summed E-state index contributed by atoms with van der Waals surface area (Å²) in [7, 11) is -1.60. The van der Waals surface area contributed by atoms with Crippen LogP contribution in [0, 0.1) is 5.82 Å². The molecule has 0 spiro atoms. The summed E-state index contributed by atoms with van der Waals surface area (Å²) in [5.74, 6) is 0.305. The van der Waals surface area contributed by atoms with Crippen molar-refractivity contribution in [2.45, 2.75) is 50.2 Å². The van der Waals surface area contributed by atoms with E-state index in [0.29, 0.717) is 24.7 Å². The van der Waals surface area contributed by atoms with Gasteiger partial charge >= 0.3 is 6.16 Å². The highest BCUT2D eigenvalue weighted by atomic mass is 32.2. The van der Waals surface area contributed by atoms with Crippen LogP contribution in [0.25, 0.3) is 0 Å². The van der Waals surface area contributed by atoms with Crippen molar-refractivity contribution in [1.82, 2.24) is 15.0 Å². The second kappa shape index (κ2) is 10.1. The zero-order valence-corrected chi connectivity index (χ0v) is 20.7. The van der Waals surface area contributed by atoms with Gasteiger partial charge < -0.3 is 19.8 Å². The number of hydrogen-bond donors (Lipinski definition) is 1. The number of benzene rings is 1. The molecule has 1 fully saturated rings. The van der Waals surface area contributed by atoms with Crippen molar-refractivity contribution in [3.05, 3.63) is 36.4 Å². The van der Waals surface area contributed by atoms with Gasteiger partial charge in [0.15, 0.2) is 9.84 Å². The molecule has 0 saturated carbocycles. The van der Waals surface area contributed by atoms with Gasteiger partial charge in [-0.05, 0) is 51.8 Å². The van der Waals surface area contributed by atoms with E-state index in [2.05, 4.69) is 15.3 Å². The topological polar surface area (TPSA) is 114 Å². The Labute approximate surface area is 199 Å². The lowest BCUT2D eigenvalue weighted by Gasteiger charge is -2.36. The average molecular weight is 496 g/mol. The Morgan fingerprint density at radius 1 is 1.21 bits per heavy atom. The number of aromatic nitrogens is 2. The molecule has 0 atom stereocenters. The molecular formula is C22H30FN5O5S. The number of rotatable bonds is 6. The Hall–Kier alpha value is -2.99. The van der Waals surface area contributed by atoms with Gasteiger partial charge in [-0.25, -0.2) is 27.6 Å². The summed E-state index contributed by atoms with van der Waals surface area (Å²) in [5, 5.41) is 4.46. The van der Waals surface area contributed by atoms with Crippen LogP contribution in [0.15, 0.2) is 35.5 Å². The predicted octanol–water partition coefficient (Wildman–Crippen LogP) is 3.53. The first-order valence-corrected chi connectivity index (χ1v) is 12.7. The summed E-state index contributed by atoms with van der Waals surface area (Å²) in [4.78, 5) is 27.5. The quantitative estimate of drug-likeness (QED) is 0.597. The highest BCUT2D eigenvalue weighted by Gasteiger charge is 2.27. The fourth-order valence-electron chi connectivity index (χ4n) is 3.46. The fourth-order valence-corrected chi connectivity index (χ4v) is 4.09. The Kier molecular flexibility index (Phi) is 7.61. The van der Waals surface area contributed by atoms with Crippen molar-refractivity contribution in [2.24, 2.45) is 0 Å². The van der Waals surface area contributed by atoms with Crippen LogP contribution in [0.5, 0.6) is 0 Å². The molecule has 1 aromatic heterocycles. The molecule has 0 radical (unpaired) electrons. The summed E-state index contributed by atoms with van der Waals surface area (Å²) in [6.07, 6.45) is 3.14.